The van der Waals surface area contributed by atoms with Gasteiger partial charge in [-0.25, -0.2) is 9.97 Å². The molecule has 4 aromatic rings. The third kappa shape index (κ3) is 3.90. The smallest absolute Gasteiger partial charge is 0.141 e. The number of fused-ring (bicyclic) bond motifs is 3. The van der Waals surface area contributed by atoms with Crippen LogP contribution in [0, 0.1) is 13.8 Å². The van der Waals surface area contributed by atoms with Gasteiger partial charge >= 0.3 is 0 Å². The topological polar surface area (TPSA) is 46.8 Å². The quantitative estimate of drug-likeness (QED) is 0.333. The Morgan fingerprint density at radius 1 is 1.09 bits per heavy atom. The van der Waals surface area contributed by atoms with E-state index in [0.29, 0.717) is 6.54 Å². The van der Waals surface area contributed by atoms with Crippen molar-refractivity contribution in [1.82, 2.24) is 19.7 Å². The van der Waals surface area contributed by atoms with E-state index in [1.807, 2.05) is 29.5 Å². The van der Waals surface area contributed by atoms with Crippen LogP contribution in [0.2, 0.25) is 5.02 Å². The molecule has 0 unspecified atom stereocenters. The highest BCUT2D eigenvalue weighted by Gasteiger charge is 2.22. The fraction of sp³-hybridized carbons (Fsp3) is 0.400. The molecule has 166 valence electrons. The molecule has 5 rings (SSSR count). The molecule has 5 nitrogen and oxygen atoms in total. The maximum Gasteiger partial charge on any atom is 0.141 e. The van der Waals surface area contributed by atoms with Crippen LogP contribution in [0.1, 0.15) is 52.2 Å². The first kappa shape index (κ1) is 21.4. The second kappa shape index (κ2) is 8.83. The molecule has 0 N–H and O–H groups in total. The van der Waals surface area contributed by atoms with Gasteiger partial charge in [0.1, 0.15) is 17.0 Å². The molecule has 7 heteroatoms. The van der Waals surface area contributed by atoms with Crippen LogP contribution in [0.5, 0.6) is 0 Å². The van der Waals surface area contributed by atoms with Crippen molar-refractivity contribution in [3.05, 3.63) is 68.6 Å². The number of rotatable bonds is 5. The fourth-order valence-electron chi connectivity index (χ4n) is 4.76. The van der Waals surface area contributed by atoms with Crippen molar-refractivity contribution in [3.8, 4) is 0 Å². The SMILES string of the molecule is Cc1nn(Cc2ccccc2Cl)c(C)c1CN(C)c1ncnc2sc3c(c12)CCCCC3. The van der Waals surface area contributed by atoms with Crippen LogP contribution in [0.15, 0.2) is 30.6 Å². The van der Waals surface area contributed by atoms with Gasteiger partial charge in [-0.05, 0) is 56.7 Å². The van der Waals surface area contributed by atoms with Gasteiger partial charge in [0.25, 0.3) is 0 Å². The Balaban J connectivity index is 1.46. The Labute approximate surface area is 198 Å². The van der Waals surface area contributed by atoms with Crippen molar-refractivity contribution in [3.63, 3.8) is 0 Å². The average molecular weight is 466 g/mol. The van der Waals surface area contributed by atoms with Gasteiger partial charge in [-0.1, -0.05) is 36.2 Å². The summed E-state index contributed by atoms with van der Waals surface area (Å²) in [5.41, 5.74) is 6.03. The first-order chi connectivity index (χ1) is 15.5. The van der Waals surface area contributed by atoms with Crippen LogP contribution in [0.25, 0.3) is 10.2 Å². The van der Waals surface area contributed by atoms with Gasteiger partial charge in [0.05, 0.1) is 17.6 Å². The minimum Gasteiger partial charge on any atom is -0.355 e. The number of hydrogen-bond donors (Lipinski definition) is 0. The highest BCUT2D eigenvalue weighted by Crippen LogP contribution is 2.38. The molecule has 1 aliphatic rings. The van der Waals surface area contributed by atoms with Crippen molar-refractivity contribution in [2.45, 2.75) is 59.0 Å². The highest BCUT2D eigenvalue weighted by molar-refractivity contribution is 7.18. The lowest BCUT2D eigenvalue weighted by Gasteiger charge is -2.20. The zero-order chi connectivity index (χ0) is 22.2. The zero-order valence-corrected chi connectivity index (χ0v) is 20.4. The maximum atomic E-state index is 6.39. The summed E-state index contributed by atoms with van der Waals surface area (Å²) in [7, 11) is 2.13. The van der Waals surface area contributed by atoms with Crippen LogP contribution in [-0.2, 0) is 25.9 Å². The van der Waals surface area contributed by atoms with Gasteiger partial charge in [-0.2, -0.15) is 5.10 Å². The number of benzene rings is 1. The van der Waals surface area contributed by atoms with E-state index in [2.05, 4.69) is 41.5 Å². The highest BCUT2D eigenvalue weighted by atomic mass is 35.5. The van der Waals surface area contributed by atoms with Crippen molar-refractivity contribution >= 4 is 39.0 Å². The second-order valence-corrected chi connectivity index (χ2v) is 10.2. The largest absolute Gasteiger partial charge is 0.355 e. The Morgan fingerprint density at radius 2 is 1.91 bits per heavy atom. The van der Waals surface area contributed by atoms with E-state index in [0.717, 1.165) is 39.9 Å². The van der Waals surface area contributed by atoms with E-state index in [4.69, 9.17) is 21.7 Å². The number of aryl methyl sites for hydroxylation is 3. The summed E-state index contributed by atoms with van der Waals surface area (Å²) >= 11 is 8.25. The molecule has 0 saturated carbocycles. The van der Waals surface area contributed by atoms with Gasteiger partial charge < -0.3 is 4.90 Å². The van der Waals surface area contributed by atoms with Crippen LogP contribution >= 0.6 is 22.9 Å². The van der Waals surface area contributed by atoms with Gasteiger partial charge in [0.2, 0.25) is 0 Å². The summed E-state index contributed by atoms with van der Waals surface area (Å²) in [6, 6.07) is 7.97. The lowest BCUT2D eigenvalue weighted by Crippen LogP contribution is -2.19. The van der Waals surface area contributed by atoms with Crippen LogP contribution in [0.3, 0.4) is 0 Å². The molecule has 0 aliphatic heterocycles. The number of aromatic nitrogens is 4. The van der Waals surface area contributed by atoms with Crippen LogP contribution in [0.4, 0.5) is 5.82 Å². The lowest BCUT2D eigenvalue weighted by molar-refractivity contribution is 0.658. The fourth-order valence-corrected chi connectivity index (χ4v) is 6.18. The monoisotopic (exact) mass is 465 g/mol. The van der Waals surface area contributed by atoms with Crippen LogP contribution in [-0.4, -0.2) is 26.8 Å². The molecular weight excluding hydrogens is 438 g/mol. The predicted molar refractivity (Wildman–Crippen MR) is 133 cm³/mol. The number of thiophene rings is 1. The Hall–Kier alpha value is -2.44. The molecule has 0 spiro atoms. The molecule has 0 fully saturated rings. The Kier molecular flexibility index (Phi) is 5.91. The van der Waals surface area contributed by atoms with E-state index in [9.17, 15) is 0 Å². The standard InChI is InChI=1S/C25H28ClN5S/c1-16-20(17(2)31(29-16)13-18-9-7-8-11-21(18)26)14-30(3)24-23-19-10-5-4-6-12-22(19)32-25(23)28-15-27-24/h7-9,11,15H,4-6,10,12-14H2,1-3H3. The van der Waals surface area contributed by atoms with Crippen molar-refractivity contribution in [2.75, 3.05) is 11.9 Å². The average Bonchev–Trinajstić information content (AvgIpc) is 3.15. The van der Waals surface area contributed by atoms with E-state index in [1.165, 1.54) is 52.8 Å². The number of halogens is 1. The molecule has 1 aliphatic carbocycles. The number of nitrogens with zero attached hydrogens (tertiary/aromatic N) is 5. The molecular formula is C25H28ClN5S. The van der Waals surface area contributed by atoms with Gasteiger partial charge in [0.15, 0.2) is 0 Å². The molecule has 0 amide bonds. The van der Waals surface area contributed by atoms with Crippen molar-refractivity contribution < 1.29 is 0 Å². The summed E-state index contributed by atoms with van der Waals surface area (Å²) in [5, 5.41) is 6.87. The maximum absolute atomic E-state index is 6.39. The molecule has 3 aromatic heterocycles. The minimum atomic E-state index is 0.672. The van der Waals surface area contributed by atoms with E-state index >= 15 is 0 Å². The predicted octanol–water partition coefficient (Wildman–Crippen LogP) is 6.11. The lowest BCUT2D eigenvalue weighted by atomic mass is 10.1. The first-order valence-corrected chi connectivity index (χ1v) is 12.4. The molecule has 0 saturated heterocycles. The molecule has 0 radical (unpaired) electrons. The molecule has 3 heterocycles. The minimum absolute atomic E-state index is 0.672. The van der Waals surface area contributed by atoms with Gasteiger partial charge in [-0.3, -0.25) is 4.68 Å². The van der Waals surface area contributed by atoms with Gasteiger partial charge in [0, 0.05) is 34.7 Å². The van der Waals surface area contributed by atoms with E-state index in [1.54, 1.807) is 6.33 Å². The first-order valence-electron chi connectivity index (χ1n) is 11.3. The molecule has 32 heavy (non-hydrogen) atoms. The third-order valence-electron chi connectivity index (χ3n) is 6.55. The van der Waals surface area contributed by atoms with E-state index in [-0.39, 0.29) is 0 Å². The summed E-state index contributed by atoms with van der Waals surface area (Å²) in [6.07, 6.45) is 7.87. The number of anilines is 1. The summed E-state index contributed by atoms with van der Waals surface area (Å²) in [4.78, 5) is 14.2. The summed E-state index contributed by atoms with van der Waals surface area (Å²) in [6.45, 7) is 5.67. The normalized spacial score (nSPS) is 13.9. The number of hydrogen-bond acceptors (Lipinski definition) is 5. The molecule has 1 aromatic carbocycles. The Morgan fingerprint density at radius 3 is 2.75 bits per heavy atom. The molecule has 0 atom stereocenters. The molecule has 0 bridgehead atoms. The second-order valence-electron chi connectivity index (χ2n) is 8.70. The summed E-state index contributed by atoms with van der Waals surface area (Å²) < 4.78 is 2.06. The van der Waals surface area contributed by atoms with E-state index < -0.39 is 0 Å². The summed E-state index contributed by atoms with van der Waals surface area (Å²) in [5.74, 6) is 1.03. The third-order valence-corrected chi connectivity index (χ3v) is 8.12. The Bertz CT molecular complexity index is 1280. The zero-order valence-electron chi connectivity index (χ0n) is 18.9. The van der Waals surface area contributed by atoms with Crippen molar-refractivity contribution in [2.24, 2.45) is 0 Å². The van der Waals surface area contributed by atoms with Crippen molar-refractivity contribution in [1.29, 1.82) is 0 Å². The van der Waals surface area contributed by atoms with Crippen LogP contribution < -0.4 is 4.90 Å². The van der Waals surface area contributed by atoms with Gasteiger partial charge in [-0.15, -0.1) is 11.3 Å².